The van der Waals surface area contributed by atoms with Crippen molar-refractivity contribution in [2.24, 2.45) is 5.92 Å². The number of benzene rings is 1. The maximum atomic E-state index is 13.0. The van der Waals surface area contributed by atoms with Gasteiger partial charge in [0.15, 0.2) is 17.2 Å². The van der Waals surface area contributed by atoms with E-state index in [-0.39, 0.29) is 5.56 Å². The molecule has 1 aliphatic heterocycles. The predicted octanol–water partition coefficient (Wildman–Crippen LogP) is 3.41. The smallest absolute Gasteiger partial charge is 0.346 e. The number of methoxy groups -OCH3 is 3. The van der Waals surface area contributed by atoms with Crippen LogP contribution in [0.1, 0.15) is 37.0 Å². The molecule has 140 valence electrons. The summed E-state index contributed by atoms with van der Waals surface area (Å²) in [5.74, 6) is 0.903. The molecule has 25 heavy (non-hydrogen) atoms. The number of piperidine rings is 1. The summed E-state index contributed by atoms with van der Waals surface area (Å²) in [6, 6.07) is 1.70. The Morgan fingerprint density at radius 3 is 2.24 bits per heavy atom. The van der Waals surface area contributed by atoms with Crippen LogP contribution in [0.15, 0.2) is 10.5 Å². The highest BCUT2D eigenvalue weighted by Gasteiger charge is 2.37. The molecule has 1 aromatic carbocycles. The standard InChI is InChI=1S/C18H26BrNO5/c1-18(2,11-6-8-20-9-7-11)25-17(21)14-15(23-4)12(19)10-13(22-3)16(14)24-5/h10-11,20H,6-9H2,1-5H3. The highest BCUT2D eigenvalue weighted by Crippen LogP contribution is 2.44. The average Bonchev–Trinajstić information content (AvgIpc) is 2.60. The van der Waals surface area contributed by atoms with Crippen LogP contribution in [0.3, 0.4) is 0 Å². The van der Waals surface area contributed by atoms with Gasteiger partial charge >= 0.3 is 5.97 Å². The molecule has 0 spiro atoms. The molecular weight excluding hydrogens is 390 g/mol. The van der Waals surface area contributed by atoms with Crippen molar-refractivity contribution < 1.29 is 23.7 Å². The third kappa shape index (κ3) is 4.20. The molecule has 1 aromatic rings. The van der Waals surface area contributed by atoms with Crippen molar-refractivity contribution in [2.45, 2.75) is 32.3 Å². The molecule has 7 heteroatoms. The number of esters is 1. The van der Waals surface area contributed by atoms with E-state index in [0.29, 0.717) is 27.6 Å². The maximum Gasteiger partial charge on any atom is 0.346 e. The molecule has 0 unspecified atom stereocenters. The van der Waals surface area contributed by atoms with Gasteiger partial charge in [-0.2, -0.15) is 0 Å². The second kappa shape index (κ2) is 8.27. The van der Waals surface area contributed by atoms with Gasteiger partial charge in [0.25, 0.3) is 0 Å². The van der Waals surface area contributed by atoms with Crippen LogP contribution in [0.2, 0.25) is 0 Å². The van der Waals surface area contributed by atoms with E-state index in [9.17, 15) is 4.79 Å². The molecule has 1 heterocycles. The van der Waals surface area contributed by atoms with Gasteiger partial charge in [0.2, 0.25) is 0 Å². The molecule has 0 saturated carbocycles. The summed E-state index contributed by atoms with van der Waals surface area (Å²) in [6.45, 7) is 5.77. The van der Waals surface area contributed by atoms with Crippen molar-refractivity contribution in [2.75, 3.05) is 34.4 Å². The van der Waals surface area contributed by atoms with E-state index < -0.39 is 11.6 Å². The van der Waals surface area contributed by atoms with Gasteiger partial charge in [-0.1, -0.05) is 0 Å². The van der Waals surface area contributed by atoms with Gasteiger partial charge < -0.3 is 24.3 Å². The Bertz CT molecular complexity index is 626. The van der Waals surface area contributed by atoms with Crippen LogP contribution in [0, 0.1) is 5.92 Å². The number of halogens is 1. The lowest BCUT2D eigenvalue weighted by Gasteiger charge is -2.37. The molecule has 1 fully saturated rings. The summed E-state index contributed by atoms with van der Waals surface area (Å²) in [5, 5.41) is 3.33. The summed E-state index contributed by atoms with van der Waals surface area (Å²) in [6.07, 6.45) is 1.94. The number of carbonyl (C=O) groups is 1. The Morgan fingerprint density at radius 1 is 1.12 bits per heavy atom. The number of rotatable bonds is 6. The first-order valence-electron chi connectivity index (χ1n) is 8.28. The van der Waals surface area contributed by atoms with Crippen molar-refractivity contribution in [3.8, 4) is 17.2 Å². The van der Waals surface area contributed by atoms with Crippen molar-refractivity contribution in [3.63, 3.8) is 0 Å². The molecule has 0 atom stereocenters. The Morgan fingerprint density at radius 2 is 1.72 bits per heavy atom. The average molecular weight is 416 g/mol. The van der Waals surface area contributed by atoms with E-state index in [1.54, 1.807) is 6.07 Å². The van der Waals surface area contributed by atoms with Gasteiger partial charge in [-0.15, -0.1) is 0 Å². The zero-order valence-corrected chi connectivity index (χ0v) is 17.0. The van der Waals surface area contributed by atoms with E-state index in [4.69, 9.17) is 18.9 Å². The number of carbonyl (C=O) groups excluding carboxylic acids is 1. The van der Waals surface area contributed by atoms with Crippen molar-refractivity contribution in [1.82, 2.24) is 5.32 Å². The first-order chi connectivity index (χ1) is 11.9. The van der Waals surface area contributed by atoms with Crippen LogP contribution in [0.25, 0.3) is 0 Å². The molecule has 1 saturated heterocycles. The third-order valence-corrected chi connectivity index (χ3v) is 5.25. The molecule has 0 aromatic heterocycles. The van der Waals surface area contributed by atoms with E-state index in [0.717, 1.165) is 25.9 Å². The Hall–Kier alpha value is -1.47. The summed E-state index contributed by atoms with van der Waals surface area (Å²) < 4.78 is 22.6. The van der Waals surface area contributed by atoms with Gasteiger partial charge in [0, 0.05) is 12.0 Å². The zero-order chi connectivity index (χ0) is 18.6. The first kappa shape index (κ1) is 19.8. The van der Waals surface area contributed by atoms with E-state index in [2.05, 4.69) is 21.2 Å². The minimum absolute atomic E-state index is 0.221. The van der Waals surface area contributed by atoms with Crippen LogP contribution < -0.4 is 19.5 Å². The van der Waals surface area contributed by atoms with Crippen LogP contribution >= 0.6 is 15.9 Å². The summed E-state index contributed by atoms with van der Waals surface area (Å²) in [4.78, 5) is 13.0. The monoisotopic (exact) mass is 415 g/mol. The number of hydrogen-bond acceptors (Lipinski definition) is 6. The lowest BCUT2D eigenvalue weighted by molar-refractivity contribution is -0.0372. The van der Waals surface area contributed by atoms with Crippen LogP contribution in [0.5, 0.6) is 17.2 Å². The van der Waals surface area contributed by atoms with Crippen LogP contribution in [0.4, 0.5) is 0 Å². The fraction of sp³-hybridized carbons (Fsp3) is 0.611. The minimum atomic E-state index is -0.593. The summed E-state index contributed by atoms with van der Waals surface area (Å²) in [7, 11) is 4.51. The third-order valence-electron chi connectivity index (χ3n) is 4.66. The highest BCUT2D eigenvalue weighted by atomic mass is 79.9. The van der Waals surface area contributed by atoms with E-state index >= 15 is 0 Å². The number of hydrogen-bond donors (Lipinski definition) is 1. The lowest BCUT2D eigenvalue weighted by Crippen LogP contribution is -2.42. The van der Waals surface area contributed by atoms with Crippen molar-refractivity contribution in [1.29, 1.82) is 0 Å². The Kier molecular flexibility index (Phi) is 6.57. The number of nitrogens with one attached hydrogen (secondary N) is 1. The zero-order valence-electron chi connectivity index (χ0n) is 15.4. The molecule has 2 rings (SSSR count). The van der Waals surface area contributed by atoms with Gasteiger partial charge in [-0.3, -0.25) is 0 Å². The summed E-state index contributed by atoms with van der Waals surface area (Å²) in [5.41, 5.74) is -0.372. The molecule has 6 nitrogen and oxygen atoms in total. The topological polar surface area (TPSA) is 66.0 Å². The normalized spacial score (nSPS) is 15.6. The molecule has 1 N–H and O–H groups in total. The predicted molar refractivity (Wildman–Crippen MR) is 98.9 cm³/mol. The second-order valence-electron chi connectivity index (χ2n) is 6.52. The molecule has 0 radical (unpaired) electrons. The van der Waals surface area contributed by atoms with Gasteiger partial charge in [0.05, 0.1) is 25.8 Å². The lowest BCUT2D eigenvalue weighted by atomic mass is 9.83. The largest absolute Gasteiger partial charge is 0.495 e. The fourth-order valence-electron chi connectivity index (χ4n) is 3.22. The van der Waals surface area contributed by atoms with Gasteiger partial charge in [-0.05, 0) is 55.7 Å². The first-order valence-corrected chi connectivity index (χ1v) is 9.07. The molecule has 0 amide bonds. The maximum absolute atomic E-state index is 13.0. The van der Waals surface area contributed by atoms with Crippen molar-refractivity contribution >= 4 is 21.9 Å². The quantitative estimate of drug-likeness (QED) is 0.718. The summed E-state index contributed by atoms with van der Waals surface area (Å²) >= 11 is 3.41. The highest BCUT2D eigenvalue weighted by molar-refractivity contribution is 9.10. The fourth-order valence-corrected chi connectivity index (χ4v) is 3.79. The second-order valence-corrected chi connectivity index (χ2v) is 7.37. The number of ether oxygens (including phenoxy) is 4. The van der Waals surface area contributed by atoms with E-state index in [1.807, 2.05) is 13.8 Å². The Balaban J connectivity index is 2.38. The van der Waals surface area contributed by atoms with Crippen LogP contribution in [-0.4, -0.2) is 46.0 Å². The van der Waals surface area contributed by atoms with Crippen LogP contribution in [-0.2, 0) is 4.74 Å². The van der Waals surface area contributed by atoms with Crippen molar-refractivity contribution in [3.05, 3.63) is 16.1 Å². The Labute approximate surface area is 157 Å². The minimum Gasteiger partial charge on any atom is -0.495 e. The molecule has 1 aliphatic rings. The molecule has 0 aliphatic carbocycles. The van der Waals surface area contributed by atoms with Gasteiger partial charge in [-0.25, -0.2) is 4.79 Å². The van der Waals surface area contributed by atoms with Gasteiger partial charge in [0.1, 0.15) is 11.2 Å². The van der Waals surface area contributed by atoms with E-state index in [1.165, 1.54) is 21.3 Å². The molecular formula is C18H26BrNO5. The SMILES string of the molecule is COc1cc(Br)c(OC)c(C(=O)OC(C)(C)C2CCNCC2)c1OC. The molecule has 0 bridgehead atoms.